The number of amides is 2. The topological polar surface area (TPSA) is 101 Å². The number of morpholine rings is 1. The zero-order valence-corrected chi connectivity index (χ0v) is 22.8. The van der Waals surface area contributed by atoms with Crippen molar-refractivity contribution in [1.29, 1.82) is 0 Å². The number of hydrogen-bond donors (Lipinski definition) is 0. The van der Waals surface area contributed by atoms with Crippen LogP contribution in [0.5, 0.6) is 0 Å². The van der Waals surface area contributed by atoms with Crippen molar-refractivity contribution < 1.29 is 19.1 Å². The molecule has 4 aromatic rings. The highest BCUT2D eigenvalue weighted by molar-refractivity contribution is 5.96. The summed E-state index contributed by atoms with van der Waals surface area (Å²) >= 11 is 0. The maximum absolute atomic E-state index is 13.1. The molecule has 2 aliphatic heterocycles. The molecule has 0 aliphatic carbocycles. The number of ketones is 1. The molecular weight excluding hydrogens is 520 g/mol. The minimum atomic E-state index is -0.0492. The average molecular weight is 553 g/mol. The van der Waals surface area contributed by atoms with Gasteiger partial charge in [0.1, 0.15) is 18.1 Å². The summed E-state index contributed by atoms with van der Waals surface area (Å²) in [6.45, 7) is 4.95. The normalized spacial score (nSPS) is 15.8. The van der Waals surface area contributed by atoms with Gasteiger partial charge in [-0.15, -0.1) is 0 Å². The van der Waals surface area contributed by atoms with Crippen molar-refractivity contribution in [3.05, 3.63) is 89.7 Å². The van der Waals surface area contributed by atoms with Gasteiger partial charge in [0.2, 0.25) is 5.91 Å². The quantitative estimate of drug-likeness (QED) is 0.325. The van der Waals surface area contributed by atoms with Crippen molar-refractivity contribution in [2.24, 2.45) is 0 Å². The van der Waals surface area contributed by atoms with Crippen LogP contribution >= 0.6 is 0 Å². The molecule has 2 aromatic heterocycles. The SMILES string of the molecule is O=C(Cc1ccc2nn(CC(=O)N3CCN(C(=O)c4ccccc4)CC3)cc2c1)c1cccc(N2CCOCC2)n1. The van der Waals surface area contributed by atoms with Crippen LogP contribution in [0.25, 0.3) is 10.9 Å². The maximum atomic E-state index is 13.1. The number of carbonyl (C=O) groups is 3. The zero-order valence-electron chi connectivity index (χ0n) is 22.8. The largest absolute Gasteiger partial charge is 0.378 e. The Balaban J connectivity index is 1.05. The summed E-state index contributed by atoms with van der Waals surface area (Å²) in [4.78, 5) is 49.1. The number of pyridine rings is 1. The molecule has 2 saturated heterocycles. The van der Waals surface area contributed by atoms with Crippen molar-refractivity contribution in [2.45, 2.75) is 13.0 Å². The van der Waals surface area contributed by atoms with Crippen LogP contribution in [0.1, 0.15) is 26.4 Å². The first-order valence-electron chi connectivity index (χ1n) is 13.9. The van der Waals surface area contributed by atoms with Gasteiger partial charge in [-0.25, -0.2) is 4.98 Å². The van der Waals surface area contributed by atoms with E-state index in [-0.39, 0.29) is 30.6 Å². The summed E-state index contributed by atoms with van der Waals surface area (Å²) in [5.74, 6) is 0.703. The minimum absolute atomic E-state index is 0.00843. The van der Waals surface area contributed by atoms with Gasteiger partial charge in [0.05, 0.1) is 18.7 Å². The fourth-order valence-electron chi connectivity index (χ4n) is 5.30. The highest BCUT2D eigenvalue weighted by atomic mass is 16.5. The molecule has 4 heterocycles. The third-order valence-corrected chi connectivity index (χ3v) is 7.57. The highest BCUT2D eigenvalue weighted by Gasteiger charge is 2.25. The smallest absolute Gasteiger partial charge is 0.253 e. The van der Waals surface area contributed by atoms with Gasteiger partial charge >= 0.3 is 0 Å². The second-order valence-electron chi connectivity index (χ2n) is 10.3. The summed E-state index contributed by atoms with van der Waals surface area (Å²) < 4.78 is 7.06. The Hall–Kier alpha value is -4.57. The van der Waals surface area contributed by atoms with Gasteiger partial charge in [0, 0.05) is 62.8 Å². The van der Waals surface area contributed by atoms with Crippen LogP contribution in [0.4, 0.5) is 5.82 Å². The number of benzene rings is 2. The summed E-state index contributed by atoms with van der Waals surface area (Å²) in [5.41, 5.74) is 2.74. The van der Waals surface area contributed by atoms with Crippen LogP contribution in [0, 0.1) is 0 Å². The van der Waals surface area contributed by atoms with Crippen LogP contribution < -0.4 is 4.90 Å². The van der Waals surface area contributed by atoms with Crippen molar-refractivity contribution >= 4 is 34.3 Å². The average Bonchev–Trinajstić information content (AvgIpc) is 3.43. The number of aromatic nitrogens is 3. The van der Waals surface area contributed by atoms with Gasteiger partial charge in [0.25, 0.3) is 5.91 Å². The highest BCUT2D eigenvalue weighted by Crippen LogP contribution is 2.19. The van der Waals surface area contributed by atoms with Gasteiger partial charge in [-0.1, -0.05) is 30.3 Å². The lowest BCUT2D eigenvalue weighted by Gasteiger charge is -2.34. The Morgan fingerprint density at radius 3 is 2.34 bits per heavy atom. The zero-order chi connectivity index (χ0) is 28.2. The molecule has 6 rings (SSSR count). The summed E-state index contributed by atoms with van der Waals surface area (Å²) in [5, 5.41) is 5.44. The molecule has 0 saturated carbocycles. The molecule has 2 aromatic carbocycles. The van der Waals surface area contributed by atoms with Crippen LogP contribution in [0.2, 0.25) is 0 Å². The maximum Gasteiger partial charge on any atom is 0.253 e. The van der Waals surface area contributed by atoms with Gasteiger partial charge in [-0.05, 0) is 42.0 Å². The first-order chi connectivity index (χ1) is 20.0. The molecule has 0 bridgehead atoms. The molecule has 0 N–H and O–H groups in total. The van der Waals surface area contributed by atoms with E-state index >= 15 is 0 Å². The molecule has 2 aliphatic rings. The van der Waals surface area contributed by atoms with Crippen molar-refractivity contribution in [1.82, 2.24) is 24.6 Å². The number of Topliss-reactive ketones (excluding diaryl/α,β-unsaturated/α-hetero) is 1. The molecule has 41 heavy (non-hydrogen) atoms. The van der Waals surface area contributed by atoms with Crippen LogP contribution in [-0.2, 0) is 22.5 Å². The Kier molecular flexibility index (Phi) is 7.73. The lowest BCUT2D eigenvalue weighted by atomic mass is 10.0. The van der Waals surface area contributed by atoms with Crippen molar-refractivity contribution in [2.75, 3.05) is 57.4 Å². The molecular formula is C31H32N6O4. The minimum Gasteiger partial charge on any atom is -0.378 e. The second-order valence-corrected chi connectivity index (χ2v) is 10.3. The number of fused-ring (bicyclic) bond motifs is 1. The number of rotatable bonds is 7. The van der Waals surface area contributed by atoms with E-state index in [1.807, 2.05) is 66.9 Å². The van der Waals surface area contributed by atoms with Crippen LogP contribution in [-0.4, -0.2) is 94.6 Å². The summed E-state index contributed by atoms with van der Waals surface area (Å²) in [6, 6.07) is 20.5. The van der Waals surface area contributed by atoms with Crippen LogP contribution in [0.3, 0.4) is 0 Å². The number of nitrogens with zero attached hydrogens (tertiary/aromatic N) is 6. The molecule has 2 amide bonds. The van der Waals surface area contributed by atoms with E-state index in [4.69, 9.17) is 4.74 Å². The molecule has 2 fully saturated rings. The van der Waals surface area contributed by atoms with Crippen molar-refractivity contribution in [3.63, 3.8) is 0 Å². The van der Waals surface area contributed by atoms with E-state index in [0.29, 0.717) is 50.7 Å². The number of ether oxygens (including phenoxy) is 1. The third-order valence-electron chi connectivity index (χ3n) is 7.57. The molecule has 0 radical (unpaired) electrons. The molecule has 0 unspecified atom stereocenters. The fraction of sp³-hybridized carbons (Fsp3) is 0.323. The van der Waals surface area contributed by atoms with Gasteiger partial charge < -0.3 is 19.4 Å². The molecule has 210 valence electrons. The predicted molar refractivity (Wildman–Crippen MR) is 154 cm³/mol. The van der Waals surface area contributed by atoms with Gasteiger partial charge in [-0.2, -0.15) is 5.10 Å². The molecule has 10 nitrogen and oxygen atoms in total. The lowest BCUT2D eigenvalue weighted by molar-refractivity contribution is -0.133. The van der Waals surface area contributed by atoms with Crippen LogP contribution in [0.15, 0.2) is 72.9 Å². The van der Waals surface area contributed by atoms with E-state index in [1.165, 1.54) is 0 Å². The fourth-order valence-corrected chi connectivity index (χ4v) is 5.30. The van der Waals surface area contributed by atoms with Gasteiger partial charge in [0.15, 0.2) is 5.78 Å². The molecule has 0 atom stereocenters. The van der Waals surface area contributed by atoms with E-state index in [9.17, 15) is 14.4 Å². The van der Waals surface area contributed by atoms with Gasteiger partial charge in [-0.3, -0.25) is 19.1 Å². The van der Waals surface area contributed by atoms with E-state index in [0.717, 1.165) is 35.4 Å². The van der Waals surface area contributed by atoms with Crippen molar-refractivity contribution in [3.8, 4) is 0 Å². The van der Waals surface area contributed by atoms with E-state index in [1.54, 1.807) is 20.5 Å². The first-order valence-corrected chi connectivity index (χ1v) is 13.9. The Labute approximate surface area is 238 Å². The number of piperazine rings is 1. The third kappa shape index (κ3) is 6.12. The number of carbonyl (C=O) groups excluding carboxylic acids is 3. The first kappa shape index (κ1) is 26.6. The van der Waals surface area contributed by atoms with E-state index < -0.39 is 0 Å². The monoisotopic (exact) mass is 552 g/mol. The second kappa shape index (κ2) is 11.9. The Bertz CT molecular complexity index is 1560. The number of anilines is 1. The number of hydrogen-bond acceptors (Lipinski definition) is 7. The lowest BCUT2D eigenvalue weighted by Crippen LogP contribution is -2.51. The van der Waals surface area contributed by atoms with E-state index in [2.05, 4.69) is 15.0 Å². The Morgan fingerprint density at radius 1 is 0.805 bits per heavy atom. The predicted octanol–water partition coefficient (Wildman–Crippen LogP) is 2.68. The standard InChI is InChI=1S/C31H32N6O4/c38-28(27-7-4-8-29(32-27)34-15-17-41-18-16-34)20-23-9-10-26-25(19-23)21-37(33-26)22-30(39)35-11-13-36(14-12-35)31(40)24-5-2-1-3-6-24/h1-10,19,21H,11-18,20,22H2. The molecule has 10 heteroatoms. The summed E-state index contributed by atoms with van der Waals surface area (Å²) in [6.07, 6.45) is 2.07. The molecule has 0 spiro atoms. The Morgan fingerprint density at radius 2 is 1.56 bits per heavy atom. The summed E-state index contributed by atoms with van der Waals surface area (Å²) in [7, 11) is 0.